The number of rotatable bonds is 13. The van der Waals surface area contributed by atoms with E-state index >= 15 is 0 Å². The number of likely N-dealkylation sites (N-methyl/N-ethyl adjacent to an activating group) is 1. The summed E-state index contributed by atoms with van der Waals surface area (Å²) in [5, 5.41) is 15.4. The van der Waals surface area contributed by atoms with Gasteiger partial charge in [0, 0.05) is 19.4 Å². The molecular formula is C39H49N3O7. The van der Waals surface area contributed by atoms with E-state index < -0.39 is 53.2 Å². The highest BCUT2D eigenvalue weighted by Crippen LogP contribution is 2.26. The number of esters is 1. The normalized spacial score (nSPS) is 13.3. The number of ether oxygens (including phenoxy) is 2. The zero-order valence-electron chi connectivity index (χ0n) is 29.5. The van der Waals surface area contributed by atoms with Gasteiger partial charge in [0.2, 0.25) is 11.8 Å². The van der Waals surface area contributed by atoms with Crippen LogP contribution in [0.15, 0.2) is 85.4 Å². The van der Waals surface area contributed by atoms with Crippen LogP contribution in [-0.2, 0) is 36.7 Å². The van der Waals surface area contributed by atoms with Gasteiger partial charge in [0.25, 0.3) is 0 Å². The molecule has 3 amide bonds. The highest BCUT2D eigenvalue weighted by atomic mass is 16.6. The minimum atomic E-state index is -1.21. The summed E-state index contributed by atoms with van der Waals surface area (Å²) in [5.74, 6) is -1.73. The molecule has 0 aromatic heterocycles. The Bertz CT molecular complexity index is 1590. The van der Waals surface area contributed by atoms with Gasteiger partial charge in [-0.3, -0.25) is 9.59 Å². The molecule has 262 valence electrons. The molecule has 0 bridgehead atoms. The molecule has 49 heavy (non-hydrogen) atoms. The molecule has 3 atom stereocenters. The van der Waals surface area contributed by atoms with Crippen molar-refractivity contribution in [2.75, 3.05) is 6.54 Å². The number of aromatic hydroxyl groups is 1. The number of benzene rings is 3. The first-order valence-corrected chi connectivity index (χ1v) is 16.4. The summed E-state index contributed by atoms with van der Waals surface area (Å²) in [7, 11) is 0. The summed E-state index contributed by atoms with van der Waals surface area (Å²) in [6, 6.07) is 19.2. The number of alkyl carbamates (subject to hydrolysis) is 1. The van der Waals surface area contributed by atoms with Gasteiger partial charge in [0.1, 0.15) is 35.1 Å². The Hall–Kier alpha value is -5.12. The molecule has 0 aliphatic rings. The molecule has 10 heteroatoms. The monoisotopic (exact) mass is 671 g/mol. The van der Waals surface area contributed by atoms with E-state index in [0.717, 1.165) is 11.1 Å². The second kappa shape index (κ2) is 16.8. The number of carbonyl (C=O) groups is 4. The van der Waals surface area contributed by atoms with Gasteiger partial charge in [-0.05, 0) is 88.9 Å². The second-order valence-electron chi connectivity index (χ2n) is 13.8. The molecule has 0 radical (unpaired) electrons. The molecule has 0 saturated carbocycles. The Balaban J connectivity index is 2.07. The number of nitrogens with zero attached hydrogens (tertiary/aromatic N) is 1. The molecule has 3 N–H and O–H groups in total. The zero-order chi connectivity index (χ0) is 36.4. The average molecular weight is 672 g/mol. The number of nitrogens with one attached hydrogen (secondary N) is 2. The lowest BCUT2D eigenvalue weighted by Gasteiger charge is -2.35. The summed E-state index contributed by atoms with van der Waals surface area (Å²) >= 11 is 0. The molecular weight excluding hydrogens is 622 g/mol. The molecule has 3 rings (SSSR count). The van der Waals surface area contributed by atoms with E-state index in [9.17, 15) is 24.3 Å². The van der Waals surface area contributed by atoms with Crippen LogP contribution in [0.25, 0.3) is 6.08 Å². The number of hydrogen-bond acceptors (Lipinski definition) is 7. The Morgan fingerprint density at radius 2 is 1.39 bits per heavy atom. The van der Waals surface area contributed by atoms with Crippen molar-refractivity contribution in [1.29, 1.82) is 0 Å². The Kier molecular flexibility index (Phi) is 13.2. The first kappa shape index (κ1) is 38.3. The number of hydrogen-bond donors (Lipinski definition) is 3. The van der Waals surface area contributed by atoms with Crippen LogP contribution >= 0.6 is 0 Å². The first-order chi connectivity index (χ1) is 23.0. The lowest BCUT2D eigenvalue weighted by Crippen LogP contribution is -2.55. The standard InChI is InChI=1S/C39H49N3O7/c1-9-26-17-14-18-29(23-26)33(34(44)40-32(36(46)48-38(3,4)5)25-27-15-12-11-13-16-27)42(10-2)35(45)31(41-37(47)49-39(6,7)8)24-28-19-21-30(43)22-20-28/h9,11-23,31-33,43H,1,10,24-25H2,2-8H3,(H,40,44)(H,41,47). The van der Waals surface area contributed by atoms with Crippen molar-refractivity contribution in [3.8, 4) is 5.75 Å². The van der Waals surface area contributed by atoms with E-state index in [4.69, 9.17) is 9.47 Å². The van der Waals surface area contributed by atoms with Crippen LogP contribution in [0.2, 0.25) is 0 Å². The lowest BCUT2D eigenvalue weighted by atomic mass is 9.98. The van der Waals surface area contributed by atoms with Gasteiger partial charge in [0.15, 0.2) is 0 Å². The largest absolute Gasteiger partial charge is 0.508 e. The summed E-state index contributed by atoms with van der Waals surface area (Å²) in [5.41, 5.74) is 1.03. The fraction of sp³-hybridized carbons (Fsp3) is 0.385. The van der Waals surface area contributed by atoms with Crippen LogP contribution in [0, 0.1) is 0 Å². The van der Waals surface area contributed by atoms with Crippen molar-refractivity contribution in [3.05, 3.63) is 108 Å². The van der Waals surface area contributed by atoms with E-state index in [1.807, 2.05) is 36.4 Å². The summed E-state index contributed by atoms with van der Waals surface area (Å²) < 4.78 is 11.2. The molecule has 0 aliphatic heterocycles. The van der Waals surface area contributed by atoms with Crippen LogP contribution in [0.3, 0.4) is 0 Å². The van der Waals surface area contributed by atoms with Gasteiger partial charge in [-0.2, -0.15) is 0 Å². The van der Waals surface area contributed by atoms with Crippen molar-refractivity contribution < 1.29 is 33.8 Å². The van der Waals surface area contributed by atoms with Crippen LogP contribution in [0.5, 0.6) is 5.75 Å². The maximum absolute atomic E-state index is 14.5. The van der Waals surface area contributed by atoms with Crippen molar-refractivity contribution in [3.63, 3.8) is 0 Å². The van der Waals surface area contributed by atoms with Gasteiger partial charge in [-0.1, -0.05) is 73.3 Å². The molecule has 10 nitrogen and oxygen atoms in total. The van der Waals surface area contributed by atoms with Crippen LogP contribution in [0.1, 0.15) is 76.8 Å². The molecule has 3 aromatic rings. The van der Waals surface area contributed by atoms with E-state index in [1.54, 1.807) is 84.9 Å². The van der Waals surface area contributed by atoms with E-state index in [2.05, 4.69) is 17.2 Å². The molecule has 3 aromatic carbocycles. The van der Waals surface area contributed by atoms with Crippen molar-refractivity contribution in [2.45, 2.75) is 90.6 Å². The summed E-state index contributed by atoms with van der Waals surface area (Å²) in [4.78, 5) is 56.9. The fourth-order valence-electron chi connectivity index (χ4n) is 5.18. The van der Waals surface area contributed by atoms with Crippen molar-refractivity contribution >= 4 is 30.0 Å². The lowest BCUT2D eigenvalue weighted by molar-refractivity contribution is -0.159. The van der Waals surface area contributed by atoms with Crippen LogP contribution in [-0.4, -0.2) is 63.7 Å². The molecule has 0 heterocycles. The maximum Gasteiger partial charge on any atom is 0.408 e. The van der Waals surface area contributed by atoms with Gasteiger partial charge in [-0.15, -0.1) is 0 Å². The predicted octanol–water partition coefficient (Wildman–Crippen LogP) is 6.13. The minimum absolute atomic E-state index is 0.0461. The van der Waals surface area contributed by atoms with Gasteiger partial charge in [-0.25, -0.2) is 9.59 Å². The van der Waals surface area contributed by atoms with Gasteiger partial charge in [0.05, 0.1) is 0 Å². The molecule has 0 spiro atoms. The Morgan fingerprint density at radius 3 is 1.96 bits per heavy atom. The van der Waals surface area contributed by atoms with E-state index in [-0.39, 0.29) is 25.1 Å². The third kappa shape index (κ3) is 12.1. The first-order valence-electron chi connectivity index (χ1n) is 16.4. The quantitative estimate of drug-likeness (QED) is 0.186. The number of amides is 3. The third-order valence-corrected chi connectivity index (χ3v) is 7.30. The molecule has 0 aliphatic carbocycles. The maximum atomic E-state index is 14.5. The van der Waals surface area contributed by atoms with Gasteiger partial charge >= 0.3 is 12.1 Å². The number of phenols is 1. The van der Waals surface area contributed by atoms with Crippen molar-refractivity contribution in [2.24, 2.45) is 0 Å². The Labute approximate surface area is 289 Å². The number of carbonyl (C=O) groups excluding carboxylic acids is 4. The second-order valence-corrected chi connectivity index (χ2v) is 13.8. The zero-order valence-corrected chi connectivity index (χ0v) is 29.5. The van der Waals surface area contributed by atoms with E-state index in [1.165, 1.54) is 17.0 Å². The van der Waals surface area contributed by atoms with Crippen LogP contribution in [0.4, 0.5) is 4.79 Å². The number of phenolic OH excluding ortho intramolecular Hbond substituents is 1. The average Bonchev–Trinajstić information content (AvgIpc) is 3.02. The van der Waals surface area contributed by atoms with Crippen LogP contribution < -0.4 is 10.6 Å². The summed E-state index contributed by atoms with van der Waals surface area (Å²) in [6.07, 6.45) is 1.03. The van der Waals surface area contributed by atoms with Crippen molar-refractivity contribution in [1.82, 2.24) is 15.5 Å². The third-order valence-electron chi connectivity index (χ3n) is 7.30. The summed E-state index contributed by atoms with van der Waals surface area (Å²) in [6.45, 7) is 16.0. The Morgan fingerprint density at radius 1 is 0.796 bits per heavy atom. The van der Waals surface area contributed by atoms with E-state index in [0.29, 0.717) is 11.1 Å². The minimum Gasteiger partial charge on any atom is -0.508 e. The molecule has 3 unspecified atom stereocenters. The smallest absolute Gasteiger partial charge is 0.408 e. The SMILES string of the molecule is C=Cc1cccc(C(C(=O)NC(Cc2ccccc2)C(=O)OC(C)(C)C)N(CC)C(=O)C(Cc2ccc(O)cc2)NC(=O)OC(C)(C)C)c1. The van der Waals surface area contributed by atoms with Gasteiger partial charge < -0.3 is 30.1 Å². The highest BCUT2D eigenvalue weighted by molar-refractivity contribution is 5.94. The topological polar surface area (TPSA) is 134 Å². The molecule has 0 fully saturated rings. The highest BCUT2D eigenvalue weighted by Gasteiger charge is 2.38. The molecule has 0 saturated heterocycles. The fourth-order valence-corrected chi connectivity index (χ4v) is 5.18. The predicted molar refractivity (Wildman–Crippen MR) is 190 cm³/mol.